The number of carboxylic acids is 1. The molecule has 0 spiro atoms. The Morgan fingerprint density at radius 1 is 1.45 bits per heavy atom. The molecule has 0 saturated heterocycles. The van der Waals surface area contributed by atoms with Gasteiger partial charge in [0.1, 0.15) is 12.4 Å². The minimum Gasteiger partial charge on any atom is -0.488 e. The van der Waals surface area contributed by atoms with Crippen molar-refractivity contribution < 1.29 is 19.4 Å². The topological polar surface area (TPSA) is 66.8 Å². The highest BCUT2D eigenvalue weighted by molar-refractivity contribution is 9.10. The maximum atomic E-state index is 12.2. The van der Waals surface area contributed by atoms with Crippen molar-refractivity contribution in [1.82, 2.24) is 4.90 Å². The molecular weight excluding hydrogens is 326 g/mol. The summed E-state index contributed by atoms with van der Waals surface area (Å²) in [5, 5.41) is 8.63. The lowest BCUT2D eigenvalue weighted by atomic mass is 10.1. The summed E-state index contributed by atoms with van der Waals surface area (Å²) in [6.45, 7) is 0.377. The van der Waals surface area contributed by atoms with E-state index in [2.05, 4.69) is 15.9 Å². The molecule has 2 rings (SSSR count). The van der Waals surface area contributed by atoms with E-state index in [1.54, 1.807) is 13.1 Å². The molecule has 0 unspecified atom stereocenters. The highest BCUT2D eigenvalue weighted by Gasteiger charge is 2.20. The Hall–Kier alpha value is -1.82. The first kappa shape index (κ1) is 14.6. The number of amides is 1. The highest BCUT2D eigenvalue weighted by Crippen LogP contribution is 2.29. The fourth-order valence-electron chi connectivity index (χ4n) is 1.88. The van der Waals surface area contributed by atoms with E-state index in [4.69, 9.17) is 9.84 Å². The minimum absolute atomic E-state index is 0.0709. The van der Waals surface area contributed by atoms with Gasteiger partial charge >= 0.3 is 5.97 Å². The lowest BCUT2D eigenvalue weighted by Crippen LogP contribution is -2.32. The first-order chi connectivity index (χ1) is 9.47. The molecule has 0 fully saturated rings. The van der Waals surface area contributed by atoms with E-state index >= 15 is 0 Å². The van der Waals surface area contributed by atoms with Crippen LogP contribution >= 0.6 is 15.9 Å². The Morgan fingerprint density at radius 2 is 2.20 bits per heavy atom. The van der Waals surface area contributed by atoms with E-state index in [1.165, 1.54) is 4.90 Å². The van der Waals surface area contributed by atoms with Crippen LogP contribution in [-0.2, 0) is 9.59 Å². The van der Waals surface area contributed by atoms with Crippen LogP contribution in [-0.4, -0.2) is 42.1 Å². The zero-order valence-corrected chi connectivity index (χ0v) is 12.5. The fraction of sp³-hybridized carbons (Fsp3) is 0.286. The molecule has 1 amide bonds. The summed E-state index contributed by atoms with van der Waals surface area (Å²) in [6, 6.07) is 5.59. The summed E-state index contributed by atoms with van der Waals surface area (Å²) in [7, 11) is 1.59. The van der Waals surface area contributed by atoms with Crippen molar-refractivity contribution in [1.29, 1.82) is 0 Å². The van der Waals surface area contributed by atoms with Gasteiger partial charge < -0.3 is 14.7 Å². The number of hydrogen-bond donors (Lipinski definition) is 1. The number of aliphatic carboxylic acids is 1. The van der Waals surface area contributed by atoms with Crippen molar-refractivity contribution in [3.63, 3.8) is 0 Å². The molecule has 1 aliphatic rings. The van der Waals surface area contributed by atoms with Crippen molar-refractivity contribution in [2.24, 2.45) is 0 Å². The van der Waals surface area contributed by atoms with Gasteiger partial charge in [0.2, 0.25) is 0 Å². The van der Waals surface area contributed by atoms with Crippen molar-refractivity contribution >= 4 is 33.9 Å². The minimum atomic E-state index is -0.923. The van der Waals surface area contributed by atoms with Crippen molar-refractivity contribution in [3.8, 4) is 5.75 Å². The van der Waals surface area contributed by atoms with Gasteiger partial charge in [-0.25, -0.2) is 0 Å². The lowest BCUT2D eigenvalue weighted by molar-refractivity contribution is -0.137. The maximum absolute atomic E-state index is 12.2. The van der Waals surface area contributed by atoms with Crippen LogP contribution in [0.15, 0.2) is 28.2 Å². The molecule has 5 nitrogen and oxygen atoms in total. The number of carboxylic acid groups (broad SMARTS) is 1. The van der Waals surface area contributed by atoms with Crippen molar-refractivity contribution in [2.45, 2.75) is 6.42 Å². The Labute approximate surface area is 125 Å². The van der Waals surface area contributed by atoms with Gasteiger partial charge in [-0.1, -0.05) is 15.9 Å². The second kappa shape index (κ2) is 6.09. The molecule has 1 heterocycles. The second-order valence-electron chi connectivity index (χ2n) is 4.51. The van der Waals surface area contributed by atoms with Gasteiger partial charge in [0.05, 0.1) is 12.0 Å². The average molecular weight is 340 g/mol. The van der Waals surface area contributed by atoms with E-state index in [9.17, 15) is 9.59 Å². The third-order valence-corrected chi connectivity index (χ3v) is 3.46. The Bertz CT molecular complexity index is 583. The summed E-state index contributed by atoms with van der Waals surface area (Å²) < 4.78 is 6.44. The molecule has 6 heteroatoms. The maximum Gasteiger partial charge on any atom is 0.305 e. The molecule has 0 saturated carbocycles. The third-order valence-electron chi connectivity index (χ3n) is 2.97. The van der Waals surface area contributed by atoms with Gasteiger partial charge in [-0.05, 0) is 24.3 Å². The molecule has 0 atom stereocenters. The van der Waals surface area contributed by atoms with Gasteiger partial charge in [-0.2, -0.15) is 0 Å². The molecule has 0 aromatic heterocycles. The van der Waals surface area contributed by atoms with Crippen LogP contribution in [0.4, 0.5) is 0 Å². The Kier molecular flexibility index (Phi) is 4.44. The van der Waals surface area contributed by atoms with Crippen molar-refractivity contribution in [2.75, 3.05) is 20.2 Å². The van der Waals surface area contributed by atoms with Crippen LogP contribution in [0.1, 0.15) is 12.0 Å². The molecule has 1 N–H and O–H groups in total. The van der Waals surface area contributed by atoms with Crippen LogP contribution in [0.2, 0.25) is 0 Å². The van der Waals surface area contributed by atoms with E-state index in [0.717, 1.165) is 15.8 Å². The Balaban J connectivity index is 2.13. The quantitative estimate of drug-likeness (QED) is 0.912. The monoisotopic (exact) mass is 339 g/mol. The van der Waals surface area contributed by atoms with Crippen LogP contribution in [0.3, 0.4) is 0 Å². The number of rotatable bonds is 4. The largest absolute Gasteiger partial charge is 0.488 e. The zero-order valence-electron chi connectivity index (χ0n) is 10.9. The first-order valence-electron chi connectivity index (χ1n) is 6.07. The number of nitrogens with zero attached hydrogens (tertiary/aromatic N) is 1. The van der Waals surface area contributed by atoms with Gasteiger partial charge in [0, 0.05) is 23.6 Å². The summed E-state index contributed by atoms with van der Waals surface area (Å²) in [5.41, 5.74) is 1.35. The normalized spacial score (nSPS) is 13.0. The number of benzene rings is 1. The third kappa shape index (κ3) is 3.39. The Morgan fingerprint density at radius 3 is 2.90 bits per heavy atom. The molecule has 1 aromatic rings. The number of ether oxygens (including phenoxy) is 1. The van der Waals surface area contributed by atoms with Crippen LogP contribution in [0.5, 0.6) is 5.75 Å². The summed E-state index contributed by atoms with van der Waals surface area (Å²) in [5.74, 6) is -0.400. The molecule has 106 valence electrons. The molecule has 20 heavy (non-hydrogen) atoms. The number of halogens is 1. The summed E-state index contributed by atoms with van der Waals surface area (Å²) in [4.78, 5) is 24.1. The van der Waals surface area contributed by atoms with Crippen molar-refractivity contribution in [3.05, 3.63) is 33.8 Å². The van der Waals surface area contributed by atoms with E-state index in [1.807, 2.05) is 18.2 Å². The predicted molar refractivity (Wildman–Crippen MR) is 77.5 cm³/mol. The highest BCUT2D eigenvalue weighted by atomic mass is 79.9. The van der Waals surface area contributed by atoms with Gasteiger partial charge in [-0.15, -0.1) is 0 Å². The summed E-state index contributed by atoms with van der Waals surface area (Å²) >= 11 is 3.37. The molecule has 1 aliphatic heterocycles. The second-order valence-corrected chi connectivity index (χ2v) is 5.43. The zero-order chi connectivity index (χ0) is 14.7. The van der Waals surface area contributed by atoms with Gasteiger partial charge in [0.25, 0.3) is 5.91 Å². The van der Waals surface area contributed by atoms with Gasteiger partial charge in [-0.3, -0.25) is 9.59 Å². The van der Waals surface area contributed by atoms with Crippen LogP contribution < -0.4 is 4.74 Å². The van der Waals surface area contributed by atoms with Crippen LogP contribution in [0.25, 0.3) is 6.08 Å². The van der Waals surface area contributed by atoms with E-state index in [0.29, 0.717) is 5.57 Å². The predicted octanol–water partition coefficient (Wildman–Crippen LogP) is 2.16. The lowest BCUT2D eigenvalue weighted by Gasteiger charge is -2.22. The molecule has 0 aliphatic carbocycles. The molecule has 1 aromatic carbocycles. The number of carbonyl (C=O) groups is 2. The number of likely N-dealkylation sites (N-methyl/N-ethyl adjacent to an activating group) is 1. The SMILES string of the molecule is CN(CCC(=O)O)C(=O)C1=Cc2cc(Br)ccc2OC1. The smallest absolute Gasteiger partial charge is 0.305 e. The number of carbonyl (C=O) groups excluding carboxylic acids is 1. The number of fused-ring (bicyclic) bond motifs is 1. The standard InChI is InChI=1S/C14H14BrNO4/c1-16(5-4-13(17)18)14(19)10-6-9-7-11(15)2-3-12(9)20-8-10/h2-3,6-7H,4-5,8H2,1H3,(H,17,18). The first-order valence-corrected chi connectivity index (χ1v) is 6.87. The number of hydrogen-bond acceptors (Lipinski definition) is 3. The molecular formula is C14H14BrNO4. The summed E-state index contributed by atoms with van der Waals surface area (Å²) in [6.07, 6.45) is 1.71. The van der Waals surface area contributed by atoms with Gasteiger partial charge in [0.15, 0.2) is 0 Å². The van der Waals surface area contributed by atoms with E-state index < -0.39 is 5.97 Å². The van der Waals surface area contributed by atoms with Crippen LogP contribution in [0, 0.1) is 0 Å². The molecule has 0 bridgehead atoms. The average Bonchev–Trinajstić information content (AvgIpc) is 2.43. The van der Waals surface area contributed by atoms with E-state index in [-0.39, 0.29) is 25.5 Å². The fourth-order valence-corrected chi connectivity index (χ4v) is 2.26. The molecule has 0 radical (unpaired) electrons.